The first kappa shape index (κ1) is 9.28. The van der Waals surface area contributed by atoms with E-state index in [0.717, 1.165) is 13.1 Å². The molecule has 0 radical (unpaired) electrons. The van der Waals surface area contributed by atoms with Crippen LogP contribution in [0.1, 0.15) is 17.2 Å². The van der Waals surface area contributed by atoms with E-state index >= 15 is 0 Å². The number of aryl methyl sites for hydroxylation is 1. The van der Waals surface area contributed by atoms with Crippen LogP contribution in [0.5, 0.6) is 0 Å². The summed E-state index contributed by atoms with van der Waals surface area (Å²) in [5.74, 6) is 0. The van der Waals surface area contributed by atoms with Crippen molar-refractivity contribution in [2.24, 2.45) is 5.73 Å². The molecule has 0 fully saturated rings. The molecule has 2 nitrogen and oxygen atoms in total. The Bertz CT molecular complexity index is 357. The highest BCUT2D eigenvalue weighted by Crippen LogP contribution is 2.33. The average molecular weight is 188 g/mol. The molecule has 1 aromatic carbocycles. The number of fused-ring (bicyclic) bond motifs is 1. The van der Waals surface area contributed by atoms with Crippen LogP contribution in [-0.4, -0.2) is 13.1 Å². The highest BCUT2D eigenvalue weighted by molar-refractivity contribution is 5.61. The van der Waals surface area contributed by atoms with E-state index in [4.69, 9.17) is 5.73 Å². The third-order valence-electron chi connectivity index (χ3n) is 2.69. The maximum atomic E-state index is 6.06. The van der Waals surface area contributed by atoms with Crippen molar-refractivity contribution in [3.63, 3.8) is 0 Å². The van der Waals surface area contributed by atoms with Gasteiger partial charge in [0.1, 0.15) is 0 Å². The van der Waals surface area contributed by atoms with Crippen LogP contribution in [-0.2, 0) is 0 Å². The molecule has 0 bridgehead atoms. The lowest BCUT2D eigenvalue weighted by atomic mass is 10.1. The highest BCUT2D eigenvalue weighted by atomic mass is 15.2. The summed E-state index contributed by atoms with van der Waals surface area (Å²) >= 11 is 0. The van der Waals surface area contributed by atoms with E-state index in [1.165, 1.54) is 16.8 Å². The zero-order valence-electron chi connectivity index (χ0n) is 8.53. The standard InChI is InChI=1S/C12H16N2/c1-3-6-14-8-11(13)10-7-9(2)4-5-12(10)14/h3-5,7,11H,1,6,8,13H2,2H3/t11-/m1/s1. The van der Waals surface area contributed by atoms with Gasteiger partial charge in [-0.1, -0.05) is 23.8 Å². The number of benzene rings is 1. The first-order chi connectivity index (χ1) is 6.72. The van der Waals surface area contributed by atoms with Gasteiger partial charge in [-0.15, -0.1) is 6.58 Å². The van der Waals surface area contributed by atoms with Gasteiger partial charge < -0.3 is 10.6 Å². The maximum absolute atomic E-state index is 6.06. The second kappa shape index (κ2) is 3.46. The van der Waals surface area contributed by atoms with Crippen molar-refractivity contribution in [1.82, 2.24) is 0 Å². The minimum absolute atomic E-state index is 0.157. The highest BCUT2D eigenvalue weighted by Gasteiger charge is 2.24. The van der Waals surface area contributed by atoms with Gasteiger partial charge in [0.2, 0.25) is 0 Å². The first-order valence-corrected chi connectivity index (χ1v) is 4.94. The van der Waals surface area contributed by atoms with E-state index < -0.39 is 0 Å². The van der Waals surface area contributed by atoms with Crippen LogP contribution in [0.4, 0.5) is 5.69 Å². The van der Waals surface area contributed by atoms with Gasteiger partial charge in [0.25, 0.3) is 0 Å². The van der Waals surface area contributed by atoms with Crippen molar-refractivity contribution in [2.75, 3.05) is 18.0 Å². The van der Waals surface area contributed by atoms with Crippen LogP contribution < -0.4 is 10.6 Å². The number of anilines is 1. The quantitative estimate of drug-likeness (QED) is 0.719. The van der Waals surface area contributed by atoms with Crippen LogP contribution in [0.25, 0.3) is 0 Å². The molecule has 1 aliphatic heterocycles. The predicted molar refractivity (Wildman–Crippen MR) is 60.5 cm³/mol. The molecule has 14 heavy (non-hydrogen) atoms. The minimum atomic E-state index is 0.157. The van der Waals surface area contributed by atoms with E-state index in [9.17, 15) is 0 Å². The van der Waals surface area contributed by atoms with Gasteiger partial charge in [0.05, 0.1) is 0 Å². The summed E-state index contributed by atoms with van der Waals surface area (Å²) in [6, 6.07) is 6.63. The number of rotatable bonds is 2. The molecule has 2 N–H and O–H groups in total. The summed E-state index contributed by atoms with van der Waals surface area (Å²) in [7, 11) is 0. The summed E-state index contributed by atoms with van der Waals surface area (Å²) in [5, 5.41) is 0. The van der Waals surface area contributed by atoms with Gasteiger partial charge in [0.15, 0.2) is 0 Å². The van der Waals surface area contributed by atoms with Gasteiger partial charge in [0, 0.05) is 24.8 Å². The van der Waals surface area contributed by atoms with Gasteiger partial charge in [-0.05, 0) is 18.6 Å². The van der Waals surface area contributed by atoms with Crippen molar-refractivity contribution in [3.8, 4) is 0 Å². The van der Waals surface area contributed by atoms with Crippen LogP contribution in [0, 0.1) is 6.92 Å². The molecule has 74 valence electrons. The first-order valence-electron chi connectivity index (χ1n) is 4.94. The Labute approximate surface area is 85.0 Å². The summed E-state index contributed by atoms with van der Waals surface area (Å²) in [6.07, 6.45) is 1.92. The Hall–Kier alpha value is -1.28. The summed E-state index contributed by atoms with van der Waals surface area (Å²) in [5.41, 5.74) is 9.87. The SMILES string of the molecule is C=CCN1C[C@@H](N)c2cc(C)ccc21. The minimum Gasteiger partial charge on any atom is -0.366 e. The monoisotopic (exact) mass is 188 g/mol. The molecule has 1 aromatic rings. The molecule has 0 spiro atoms. The Morgan fingerprint density at radius 2 is 2.43 bits per heavy atom. The number of nitrogens with zero attached hydrogens (tertiary/aromatic N) is 1. The van der Waals surface area contributed by atoms with E-state index in [1.807, 2.05) is 6.08 Å². The topological polar surface area (TPSA) is 29.3 Å². The van der Waals surface area contributed by atoms with Gasteiger partial charge in [-0.25, -0.2) is 0 Å². The molecule has 1 heterocycles. The summed E-state index contributed by atoms with van der Waals surface area (Å²) < 4.78 is 0. The summed E-state index contributed by atoms with van der Waals surface area (Å²) in [4.78, 5) is 2.27. The molecule has 2 rings (SSSR count). The smallest absolute Gasteiger partial charge is 0.0494 e. The fourth-order valence-corrected chi connectivity index (χ4v) is 2.02. The molecule has 0 saturated carbocycles. The van der Waals surface area contributed by atoms with E-state index in [2.05, 4.69) is 36.6 Å². The molecule has 2 heteroatoms. The Kier molecular flexibility index (Phi) is 2.30. The molecule has 0 aromatic heterocycles. The molecular formula is C12H16N2. The van der Waals surface area contributed by atoms with Crippen LogP contribution in [0.15, 0.2) is 30.9 Å². The number of hydrogen-bond acceptors (Lipinski definition) is 2. The lowest BCUT2D eigenvalue weighted by molar-refractivity contribution is 0.745. The molecular weight excluding hydrogens is 172 g/mol. The predicted octanol–water partition coefficient (Wildman–Crippen LogP) is 2.00. The molecule has 0 aliphatic carbocycles. The van der Waals surface area contributed by atoms with E-state index in [-0.39, 0.29) is 6.04 Å². The van der Waals surface area contributed by atoms with Crippen molar-refractivity contribution in [3.05, 3.63) is 42.0 Å². The normalized spacial score (nSPS) is 19.6. The molecule has 0 saturated heterocycles. The van der Waals surface area contributed by atoms with E-state index in [1.54, 1.807) is 0 Å². The fourth-order valence-electron chi connectivity index (χ4n) is 2.02. The van der Waals surface area contributed by atoms with Crippen molar-refractivity contribution < 1.29 is 0 Å². The second-order valence-corrected chi connectivity index (χ2v) is 3.86. The summed E-state index contributed by atoms with van der Waals surface area (Å²) in [6.45, 7) is 7.64. The number of hydrogen-bond donors (Lipinski definition) is 1. The largest absolute Gasteiger partial charge is 0.366 e. The van der Waals surface area contributed by atoms with Crippen molar-refractivity contribution in [1.29, 1.82) is 0 Å². The Balaban J connectivity index is 2.39. The molecule has 0 unspecified atom stereocenters. The molecule has 0 amide bonds. The van der Waals surface area contributed by atoms with Gasteiger partial charge >= 0.3 is 0 Å². The Morgan fingerprint density at radius 1 is 1.64 bits per heavy atom. The van der Waals surface area contributed by atoms with Crippen LogP contribution in [0.3, 0.4) is 0 Å². The molecule has 1 aliphatic rings. The van der Waals surface area contributed by atoms with Gasteiger partial charge in [-0.2, -0.15) is 0 Å². The maximum Gasteiger partial charge on any atom is 0.0494 e. The number of nitrogens with two attached hydrogens (primary N) is 1. The third kappa shape index (κ3) is 1.42. The Morgan fingerprint density at radius 3 is 3.14 bits per heavy atom. The lowest BCUT2D eigenvalue weighted by Gasteiger charge is -2.16. The zero-order valence-corrected chi connectivity index (χ0v) is 8.53. The van der Waals surface area contributed by atoms with E-state index in [0.29, 0.717) is 0 Å². The fraction of sp³-hybridized carbons (Fsp3) is 0.333. The third-order valence-corrected chi connectivity index (χ3v) is 2.69. The van der Waals surface area contributed by atoms with Crippen LogP contribution >= 0.6 is 0 Å². The lowest BCUT2D eigenvalue weighted by Crippen LogP contribution is -2.24. The second-order valence-electron chi connectivity index (χ2n) is 3.86. The average Bonchev–Trinajstić information content (AvgIpc) is 2.44. The van der Waals surface area contributed by atoms with Crippen LogP contribution in [0.2, 0.25) is 0 Å². The zero-order chi connectivity index (χ0) is 10.1. The van der Waals surface area contributed by atoms with Gasteiger partial charge in [-0.3, -0.25) is 0 Å². The van der Waals surface area contributed by atoms with Crippen molar-refractivity contribution >= 4 is 5.69 Å². The molecule has 1 atom stereocenters. The van der Waals surface area contributed by atoms with Crippen molar-refractivity contribution in [2.45, 2.75) is 13.0 Å².